The fraction of sp³-hybridized carbons (Fsp3) is 0.533. The molecule has 1 aliphatic carbocycles. The summed E-state index contributed by atoms with van der Waals surface area (Å²) in [5.74, 6) is 0.431. The topological polar surface area (TPSA) is 87.0 Å². The summed E-state index contributed by atoms with van der Waals surface area (Å²) in [6.45, 7) is 9.00. The fourth-order valence-corrected chi connectivity index (χ4v) is 9.09. The van der Waals surface area contributed by atoms with E-state index >= 15 is 0 Å². The Hall–Kier alpha value is -2.75. The van der Waals surface area contributed by atoms with Gasteiger partial charge in [-0.3, -0.25) is 4.90 Å². The number of piperazine rings is 2. The molecule has 41 heavy (non-hydrogen) atoms. The number of aromatic nitrogens is 1. The lowest BCUT2D eigenvalue weighted by molar-refractivity contribution is 0.184. The highest BCUT2D eigenvalue weighted by Gasteiger charge is 2.34. The normalized spacial score (nSPS) is 24.7. The van der Waals surface area contributed by atoms with Gasteiger partial charge in [-0.2, -0.15) is 9.57 Å². The smallest absolute Gasteiger partial charge is 0.254 e. The molecule has 1 aromatic heterocycles. The SMILES string of the molecule is CC1C=C(CN2CCN(S(=O)(=O)c3cnc(N4CCN(C)CC4)s3)CC2)N(C2CCc3ccc(C#N)cc32)C=CC1. The maximum absolute atomic E-state index is 13.5. The van der Waals surface area contributed by atoms with Crippen LogP contribution in [0.3, 0.4) is 0 Å². The first-order valence-electron chi connectivity index (χ1n) is 14.6. The van der Waals surface area contributed by atoms with Crippen molar-refractivity contribution in [2.24, 2.45) is 5.92 Å². The molecule has 0 amide bonds. The predicted octanol–water partition coefficient (Wildman–Crippen LogP) is 3.50. The lowest BCUT2D eigenvalue weighted by Gasteiger charge is -2.37. The Morgan fingerprint density at radius 1 is 1.10 bits per heavy atom. The number of rotatable bonds is 6. The largest absolute Gasteiger partial charge is 0.345 e. The first-order valence-corrected chi connectivity index (χ1v) is 16.9. The Labute approximate surface area is 248 Å². The molecule has 2 atom stereocenters. The molecule has 4 aliphatic rings. The van der Waals surface area contributed by atoms with Crippen LogP contribution in [0.1, 0.15) is 42.5 Å². The van der Waals surface area contributed by atoms with Crippen molar-refractivity contribution >= 4 is 26.5 Å². The molecule has 3 aliphatic heterocycles. The molecule has 0 N–H and O–H groups in total. The minimum atomic E-state index is -3.56. The molecule has 9 nitrogen and oxygen atoms in total. The zero-order chi connectivity index (χ0) is 28.6. The van der Waals surface area contributed by atoms with E-state index in [-0.39, 0.29) is 6.04 Å². The van der Waals surface area contributed by atoms with Gasteiger partial charge in [0.15, 0.2) is 9.34 Å². The molecule has 0 spiro atoms. The van der Waals surface area contributed by atoms with Gasteiger partial charge in [0.05, 0.1) is 23.9 Å². The third-order valence-electron chi connectivity index (χ3n) is 8.80. The fourth-order valence-electron chi connectivity index (χ4n) is 6.34. The van der Waals surface area contributed by atoms with Crippen molar-refractivity contribution in [3.63, 3.8) is 0 Å². The van der Waals surface area contributed by atoms with Crippen molar-refractivity contribution in [2.45, 2.75) is 36.4 Å². The van der Waals surface area contributed by atoms with Crippen molar-refractivity contribution in [3.05, 3.63) is 65.1 Å². The number of nitrogens with zero attached hydrogens (tertiary/aromatic N) is 7. The zero-order valence-electron chi connectivity index (χ0n) is 23.9. The molecular formula is C30H39N7O2S2. The molecule has 0 radical (unpaired) electrons. The number of aryl methyl sites for hydroxylation is 1. The lowest BCUT2D eigenvalue weighted by Crippen LogP contribution is -2.49. The van der Waals surface area contributed by atoms with Gasteiger partial charge in [-0.1, -0.05) is 36.5 Å². The van der Waals surface area contributed by atoms with Crippen molar-refractivity contribution in [3.8, 4) is 6.07 Å². The maximum Gasteiger partial charge on any atom is 0.254 e. The number of fused-ring (bicyclic) bond motifs is 1. The van der Waals surface area contributed by atoms with Gasteiger partial charge in [0.2, 0.25) is 0 Å². The number of sulfonamides is 1. The first kappa shape index (κ1) is 28.4. The van der Waals surface area contributed by atoms with E-state index < -0.39 is 10.0 Å². The van der Waals surface area contributed by atoms with Gasteiger partial charge in [-0.05, 0) is 55.5 Å². The Bertz CT molecular complexity index is 1460. The van der Waals surface area contributed by atoms with Crippen LogP contribution in [-0.4, -0.2) is 98.4 Å². The number of benzene rings is 1. The maximum atomic E-state index is 13.5. The zero-order valence-corrected chi connectivity index (χ0v) is 25.6. The second kappa shape index (κ2) is 11.9. The van der Waals surface area contributed by atoms with E-state index in [1.807, 2.05) is 6.07 Å². The third kappa shape index (κ3) is 5.94. The second-order valence-electron chi connectivity index (χ2n) is 11.7. The van der Waals surface area contributed by atoms with E-state index in [0.717, 1.165) is 57.1 Å². The number of allylic oxidation sites excluding steroid dienone is 2. The molecule has 11 heteroatoms. The molecule has 2 saturated heterocycles. The van der Waals surface area contributed by atoms with Crippen LogP contribution in [0.5, 0.6) is 0 Å². The number of likely N-dealkylation sites (N-methyl/N-ethyl adjacent to an activating group) is 1. The highest BCUT2D eigenvalue weighted by Crippen LogP contribution is 2.40. The highest BCUT2D eigenvalue weighted by molar-refractivity contribution is 7.91. The van der Waals surface area contributed by atoms with Crippen LogP contribution < -0.4 is 4.90 Å². The molecule has 1 aromatic carbocycles. The van der Waals surface area contributed by atoms with E-state index in [4.69, 9.17) is 0 Å². The summed E-state index contributed by atoms with van der Waals surface area (Å²) in [4.78, 5) is 13.7. The third-order valence-corrected chi connectivity index (χ3v) is 12.2. The number of hydrogen-bond acceptors (Lipinski definition) is 9. The predicted molar refractivity (Wildman–Crippen MR) is 162 cm³/mol. The van der Waals surface area contributed by atoms with Crippen molar-refractivity contribution in [1.29, 1.82) is 5.26 Å². The average molecular weight is 594 g/mol. The lowest BCUT2D eigenvalue weighted by atomic mass is 10.0. The van der Waals surface area contributed by atoms with E-state index in [0.29, 0.717) is 41.9 Å². The monoisotopic (exact) mass is 593 g/mol. The van der Waals surface area contributed by atoms with Crippen LogP contribution in [0.15, 0.2) is 52.7 Å². The van der Waals surface area contributed by atoms with E-state index in [9.17, 15) is 13.7 Å². The summed E-state index contributed by atoms with van der Waals surface area (Å²) >= 11 is 1.29. The quantitative estimate of drug-likeness (QED) is 0.503. The molecule has 2 unspecified atom stereocenters. The van der Waals surface area contributed by atoms with Crippen LogP contribution in [-0.2, 0) is 16.4 Å². The summed E-state index contributed by atoms with van der Waals surface area (Å²) in [5.41, 5.74) is 4.56. The molecule has 6 rings (SSSR count). The number of thiazole rings is 1. The summed E-state index contributed by atoms with van der Waals surface area (Å²) in [6.07, 6.45) is 11.5. The highest BCUT2D eigenvalue weighted by atomic mass is 32.2. The van der Waals surface area contributed by atoms with Crippen LogP contribution in [0.2, 0.25) is 0 Å². The summed E-state index contributed by atoms with van der Waals surface area (Å²) < 4.78 is 29.0. The molecule has 4 heterocycles. The number of hydrogen-bond donors (Lipinski definition) is 0. The van der Waals surface area contributed by atoms with Gasteiger partial charge >= 0.3 is 0 Å². The first-order chi connectivity index (χ1) is 19.8. The summed E-state index contributed by atoms with van der Waals surface area (Å²) in [7, 11) is -1.46. The van der Waals surface area contributed by atoms with Crippen LogP contribution >= 0.6 is 11.3 Å². The Morgan fingerprint density at radius 2 is 1.88 bits per heavy atom. The van der Waals surface area contributed by atoms with Gasteiger partial charge in [0.1, 0.15) is 0 Å². The van der Waals surface area contributed by atoms with Crippen LogP contribution in [0, 0.1) is 17.2 Å². The van der Waals surface area contributed by atoms with Gasteiger partial charge in [0.25, 0.3) is 10.0 Å². The molecule has 218 valence electrons. The molecule has 2 aromatic rings. The van der Waals surface area contributed by atoms with Crippen LogP contribution in [0.25, 0.3) is 0 Å². The Balaban J connectivity index is 1.12. The molecular weight excluding hydrogens is 555 g/mol. The van der Waals surface area contributed by atoms with E-state index in [1.54, 1.807) is 10.5 Å². The molecule has 0 bridgehead atoms. The molecule has 0 saturated carbocycles. The van der Waals surface area contributed by atoms with Crippen LogP contribution in [0.4, 0.5) is 5.13 Å². The average Bonchev–Trinajstić information content (AvgIpc) is 3.60. The Morgan fingerprint density at radius 3 is 2.63 bits per heavy atom. The summed E-state index contributed by atoms with van der Waals surface area (Å²) in [5, 5.41) is 10.3. The second-order valence-corrected chi connectivity index (χ2v) is 14.8. The van der Waals surface area contributed by atoms with Gasteiger partial charge < -0.3 is 14.7 Å². The number of anilines is 1. The molecule has 2 fully saturated rings. The van der Waals surface area contributed by atoms with Gasteiger partial charge in [-0.25, -0.2) is 13.4 Å². The minimum Gasteiger partial charge on any atom is -0.345 e. The standard InChI is InChI=1S/C30H39N7O2S2/c1-23-4-3-9-37(28-8-7-25-6-5-24(20-31)19-27(25)28)26(18-23)22-34-12-16-36(17-13-34)41(38,39)29-21-32-30(40-29)35-14-10-33(2)11-15-35/h3,5-6,9,18-19,21,23,28H,4,7-8,10-17,22H2,1-2H3. The van der Waals surface area contributed by atoms with Gasteiger partial charge in [-0.15, -0.1) is 0 Å². The number of nitriles is 1. The van der Waals surface area contributed by atoms with Crippen molar-refractivity contribution in [2.75, 3.05) is 70.9 Å². The van der Waals surface area contributed by atoms with E-state index in [2.05, 4.69) is 75.1 Å². The Kier molecular flexibility index (Phi) is 8.21. The van der Waals surface area contributed by atoms with Gasteiger partial charge in [0, 0.05) is 70.8 Å². The summed E-state index contributed by atoms with van der Waals surface area (Å²) in [6, 6.07) is 8.61. The van der Waals surface area contributed by atoms with E-state index in [1.165, 1.54) is 28.2 Å². The van der Waals surface area contributed by atoms with Crippen molar-refractivity contribution < 1.29 is 8.42 Å². The van der Waals surface area contributed by atoms with Crippen molar-refractivity contribution in [1.82, 2.24) is 24.0 Å². The minimum absolute atomic E-state index is 0.216.